The maximum Gasteiger partial charge on any atom is 0.259 e. The second kappa shape index (κ2) is 5.38. The van der Waals surface area contributed by atoms with Crippen LogP contribution < -0.4 is 5.56 Å². The summed E-state index contributed by atoms with van der Waals surface area (Å²) >= 11 is 0. The molecule has 0 amide bonds. The van der Waals surface area contributed by atoms with Crippen molar-refractivity contribution in [2.45, 2.75) is 38.6 Å². The fourth-order valence-electron chi connectivity index (χ4n) is 3.56. The minimum atomic E-state index is 0.124. The van der Waals surface area contributed by atoms with Gasteiger partial charge in [-0.25, -0.2) is 0 Å². The first-order valence-electron chi connectivity index (χ1n) is 8.41. The van der Waals surface area contributed by atoms with Crippen molar-refractivity contribution in [3.05, 3.63) is 70.5 Å². The SMILES string of the molecule is CC(C)n1c(-c2ccccc2)c(C2CC2)c2ccccc2c1=O. The average Bonchev–Trinajstić information content (AvgIpc) is 3.40. The monoisotopic (exact) mass is 303 g/mol. The van der Waals surface area contributed by atoms with Gasteiger partial charge in [0.1, 0.15) is 0 Å². The van der Waals surface area contributed by atoms with Crippen LogP contribution in [0.25, 0.3) is 22.0 Å². The third-order valence-corrected chi connectivity index (χ3v) is 4.71. The van der Waals surface area contributed by atoms with Gasteiger partial charge >= 0.3 is 0 Å². The Balaban J connectivity index is 2.20. The second-order valence-corrected chi connectivity index (χ2v) is 6.72. The van der Waals surface area contributed by atoms with Gasteiger partial charge in [0, 0.05) is 11.4 Å². The normalized spacial score (nSPS) is 14.6. The Hall–Kier alpha value is -2.35. The van der Waals surface area contributed by atoms with Crippen LogP contribution in [0.4, 0.5) is 0 Å². The number of fused-ring (bicyclic) bond motifs is 1. The molecular formula is C21H21NO. The first-order valence-corrected chi connectivity index (χ1v) is 8.41. The summed E-state index contributed by atoms with van der Waals surface area (Å²) in [5.41, 5.74) is 3.75. The molecule has 0 unspecified atom stereocenters. The predicted octanol–water partition coefficient (Wildman–Crippen LogP) is 5.13. The van der Waals surface area contributed by atoms with Gasteiger partial charge in [-0.15, -0.1) is 0 Å². The Bertz CT molecular complexity index is 918. The Morgan fingerprint density at radius 1 is 0.913 bits per heavy atom. The lowest BCUT2D eigenvalue weighted by atomic mass is 9.95. The van der Waals surface area contributed by atoms with E-state index < -0.39 is 0 Å². The van der Waals surface area contributed by atoms with Crippen LogP contribution in [0.3, 0.4) is 0 Å². The van der Waals surface area contributed by atoms with Crippen molar-refractivity contribution in [3.8, 4) is 11.3 Å². The lowest BCUT2D eigenvalue weighted by molar-refractivity contribution is 0.586. The van der Waals surface area contributed by atoms with E-state index in [1.807, 2.05) is 28.8 Å². The van der Waals surface area contributed by atoms with Crippen molar-refractivity contribution in [1.29, 1.82) is 0 Å². The number of hydrogen-bond donors (Lipinski definition) is 0. The quantitative estimate of drug-likeness (QED) is 0.657. The van der Waals surface area contributed by atoms with Gasteiger partial charge in [-0.2, -0.15) is 0 Å². The summed E-state index contributed by atoms with van der Waals surface area (Å²) in [6.45, 7) is 4.19. The highest BCUT2D eigenvalue weighted by atomic mass is 16.1. The Morgan fingerprint density at radius 2 is 1.52 bits per heavy atom. The second-order valence-electron chi connectivity index (χ2n) is 6.72. The Labute approximate surface area is 136 Å². The van der Waals surface area contributed by atoms with Crippen molar-refractivity contribution in [1.82, 2.24) is 4.57 Å². The van der Waals surface area contributed by atoms with E-state index in [4.69, 9.17) is 0 Å². The number of pyridine rings is 1. The molecule has 0 atom stereocenters. The van der Waals surface area contributed by atoms with E-state index in [2.05, 4.69) is 44.2 Å². The van der Waals surface area contributed by atoms with Crippen LogP contribution >= 0.6 is 0 Å². The number of benzene rings is 2. The summed E-state index contributed by atoms with van der Waals surface area (Å²) in [6.07, 6.45) is 2.44. The van der Waals surface area contributed by atoms with Gasteiger partial charge in [0.05, 0.1) is 5.69 Å². The van der Waals surface area contributed by atoms with Crippen LogP contribution in [-0.4, -0.2) is 4.57 Å². The molecule has 2 heteroatoms. The summed E-state index contributed by atoms with van der Waals surface area (Å²) in [5.74, 6) is 0.584. The average molecular weight is 303 g/mol. The van der Waals surface area contributed by atoms with Gasteiger partial charge < -0.3 is 4.57 Å². The highest BCUT2D eigenvalue weighted by Gasteiger charge is 2.31. The Kier molecular flexibility index (Phi) is 3.33. The van der Waals surface area contributed by atoms with E-state index in [9.17, 15) is 4.79 Å². The van der Waals surface area contributed by atoms with Gasteiger partial charge in [0.25, 0.3) is 5.56 Å². The highest BCUT2D eigenvalue weighted by molar-refractivity contribution is 5.91. The van der Waals surface area contributed by atoms with Gasteiger partial charge in [-0.1, -0.05) is 48.5 Å². The van der Waals surface area contributed by atoms with Crippen LogP contribution in [0.2, 0.25) is 0 Å². The molecule has 4 rings (SSSR count). The summed E-state index contributed by atoms with van der Waals surface area (Å²) in [5, 5.41) is 1.98. The molecular weight excluding hydrogens is 282 g/mol. The minimum absolute atomic E-state index is 0.124. The molecule has 2 nitrogen and oxygen atoms in total. The molecule has 1 aliphatic carbocycles. The van der Waals surface area contributed by atoms with E-state index in [1.54, 1.807) is 0 Å². The molecule has 1 aliphatic rings. The summed E-state index contributed by atoms with van der Waals surface area (Å²) < 4.78 is 1.99. The Morgan fingerprint density at radius 3 is 2.13 bits per heavy atom. The lowest BCUT2D eigenvalue weighted by Gasteiger charge is -2.22. The van der Waals surface area contributed by atoms with Crippen molar-refractivity contribution < 1.29 is 0 Å². The first kappa shape index (κ1) is 14.3. The van der Waals surface area contributed by atoms with Crippen LogP contribution in [0.1, 0.15) is 44.2 Å². The van der Waals surface area contributed by atoms with Crippen LogP contribution in [0, 0.1) is 0 Å². The predicted molar refractivity (Wildman–Crippen MR) is 96.0 cm³/mol. The van der Waals surface area contributed by atoms with E-state index in [1.165, 1.54) is 18.4 Å². The molecule has 1 saturated carbocycles. The fraction of sp³-hybridized carbons (Fsp3) is 0.286. The topological polar surface area (TPSA) is 22.0 Å². The van der Waals surface area contributed by atoms with Crippen molar-refractivity contribution >= 4 is 10.8 Å². The molecule has 0 bridgehead atoms. The molecule has 0 radical (unpaired) electrons. The number of rotatable bonds is 3. The molecule has 1 heterocycles. The van der Waals surface area contributed by atoms with Crippen LogP contribution in [0.5, 0.6) is 0 Å². The summed E-state index contributed by atoms with van der Waals surface area (Å²) in [4.78, 5) is 13.1. The largest absolute Gasteiger partial charge is 0.305 e. The minimum Gasteiger partial charge on any atom is -0.305 e. The number of hydrogen-bond acceptors (Lipinski definition) is 1. The van der Waals surface area contributed by atoms with Gasteiger partial charge in [0.15, 0.2) is 0 Å². The van der Waals surface area contributed by atoms with Gasteiger partial charge in [-0.3, -0.25) is 4.79 Å². The number of nitrogens with zero attached hydrogens (tertiary/aromatic N) is 1. The van der Waals surface area contributed by atoms with E-state index in [-0.39, 0.29) is 11.6 Å². The highest BCUT2D eigenvalue weighted by Crippen LogP contribution is 2.47. The zero-order valence-electron chi connectivity index (χ0n) is 13.6. The van der Waals surface area contributed by atoms with Crippen molar-refractivity contribution in [2.75, 3.05) is 0 Å². The molecule has 1 fully saturated rings. The van der Waals surface area contributed by atoms with Crippen LogP contribution in [-0.2, 0) is 0 Å². The van der Waals surface area contributed by atoms with Crippen molar-refractivity contribution in [2.24, 2.45) is 0 Å². The molecule has 116 valence electrons. The molecule has 2 aromatic carbocycles. The third kappa shape index (κ3) is 2.29. The molecule has 0 saturated heterocycles. The maximum absolute atomic E-state index is 13.1. The molecule has 3 aromatic rings. The van der Waals surface area contributed by atoms with Gasteiger partial charge in [-0.05, 0) is 55.2 Å². The smallest absolute Gasteiger partial charge is 0.259 e. The lowest BCUT2D eigenvalue weighted by Crippen LogP contribution is -2.25. The van der Waals surface area contributed by atoms with Crippen molar-refractivity contribution in [3.63, 3.8) is 0 Å². The van der Waals surface area contributed by atoms with Gasteiger partial charge in [0.2, 0.25) is 0 Å². The first-order chi connectivity index (χ1) is 11.2. The molecule has 1 aromatic heterocycles. The van der Waals surface area contributed by atoms with E-state index in [0.29, 0.717) is 5.92 Å². The molecule has 0 aliphatic heterocycles. The summed E-state index contributed by atoms with van der Waals surface area (Å²) in [6, 6.07) is 18.6. The number of aromatic nitrogens is 1. The zero-order valence-corrected chi connectivity index (χ0v) is 13.6. The molecule has 23 heavy (non-hydrogen) atoms. The van der Waals surface area contributed by atoms with E-state index in [0.717, 1.165) is 22.0 Å². The fourth-order valence-corrected chi connectivity index (χ4v) is 3.56. The molecule has 0 N–H and O–H groups in total. The summed E-state index contributed by atoms with van der Waals surface area (Å²) in [7, 11) is 0. The standard InChI is InChI=1S/C21H21NO/c1-14(2)22-20(16-8-4-3-5-9-16)19(15-12-13-15)17-10-6-7-11-18(17)21(22)23/h3-11,14-15H,12-13H2,1-2H3. The molecule has 0 spiro atoms. The zero-order chi connectivity index (χ0) is 16.0. The third-order valence-electron chi connectivity index (χ3n) is 4.71. The van der Waals surface area contributed by atoms with Crippen LogP contribution in [0.15, 0.2) is 59.4 Å². The maximum atomic E-state index is 13.1. The van der Waals surface area contributed by atoms with E-state index >= 15 is 0 Å².